The Bertz CT molecular complexity index is 858. The lowest BCUT2D eigenvalue weighted by Crippen LogP contribution is -2.48. The van der Waals surface area contributed by atoms with Crippen molar-refractivity contribution in [2.75, 3.05) is 13.6 Å². The van der Waals surface area contributed by atoms with Crippen LogP contribution in [0.25, 0.3) is 11.1 Å². The van der Waals surface area contributed by atoms with Crippen LogP contribution >= 0.6 is 0 Å². The fourth-order valence-electron chi connectivity index (χ4n) is 3.29. The van der Waals surface area contributed by atoms with E-state index < -0.39 is 0 Å². The molecule has 0 unspecified atom stereocenters. The Balaban J connectivity index is 1.69. The number of piperidine rings is 1. The molecule has 1 saturated heterocycles. The van der Waals surface area contributed by atoms with Crippen molar-refractivity contribution >= 4 is 17.6 Å². The van der Waals surface area contributed by atoms with Gasteiger partial charge in [-0.2, -0.15) is 0 Å². The van der Waals surface area contributed by atoms with Crippen LogP contribution in [0.3, 0.4) is 0 Å². The minimum absolute atomic E-state index is 0.0170. The zero-order valence-electron chi connectivity index (χ0n) is 15.7. The van der Waals surface area contributed by atoms with Gasteiger partial charge in [-0.3, -0.25) is 14.4 Å². The maximum atomic E-state index is 12.5. The van der Waals surface area contributed by atoms with Crippen molar-refractivity contribution in [1.29, 1.82) is 0 Å². The number of carbonyl (C=O) groups is 3. The van der Waals surface area contributed by atoms with Crippen LogP contribution < -0.4 is 5.32 Å². The van der Waals surface area contributed by atoms with E-state index in [9.17, 15) is 14.4 Å². The first-order chi connectivity index (χ1) is 13.0. The molecule has 27 heavy (non-hydrogen) atoms. The minimum atomic E-state index is -0.135. The molecule has 0 spiro atoms. The second kappa shape index (κ2) is 8.16. The molecule has 0 aliphatic carbocycles. The lowest BCUT2D eigenvalue weighted by atomic mass is 9.99. The van der Waals surface area contributed by atoms with Crippen molar-refractivity contribution in [3.8, 4) is 11.1 Å². The summed E-state index contributed by atoms with van der Waals surface area (Å²) in [4.78, 5) is 37.6. The van der Waals surface area contributed by atoms with Crippen molar-refractivity contribution in [1.82, 2.24) is 10.2 Å². The van der Waals surface area contributed by atoms with Gasteiger partial charge in [0.1, 0.15) is 0 Å². The van der Waals surface area contributed by atoms with Gasteiger partial charge < -0.3 is 10.2 Å². The normalized spacial score (nSPS) is 16.9. The summed E-state index contributed by atoms with van der Waals surface area (Å²) < 4.78 is 0. The highest BCUT2D eigenvalue weighted by atomic mass is 16.2. The topological polar surface area (TPSA) is 66.5 Å². The molecule has 3 rings (SSSR count). The van der Waals surface area contributed by atoms with Crippen molar-refractivity contribution in [2.45, 2.75) is 32.2 Å². The first kappa shape index (κ1) is 18.8. The number of amides is 2. The van der Waals surface area contributed by atoms with Gasteiger partial charge in [0.2, 0.25) is 5.91 Å². The summed E-state index contributed by atoms with van der Waals surface area (Å²) in [5, 5.41) is 3.00. The number of rotatable bonds is 5. The maximum absolute atomic E-state index is 12.5. The van der Waals surface area contributed by atoms with E-state index in [1.807, 2.05) is 43.3 Å². The van der Waals surface area contributed by atoms with Gasteiger partial charge in [-0.25, -0.2) is 0 Å². The Morgan fingerprint density at radius 2 is 1.81 bits per heavy atom. The molecule has 2 aromatic carbocycles. The van der Waals surface area contributed by atoms with Crippen LogP contribution in [-0.4, -0.2) is 42.1 Å². The Labute approximate surface area is 159 Å². The lowest BCUT2D eigenvalue weighted by Gasteiger charge is -2.30. The Hall–Kier alpha value is -2.95. The van der Waals surface area contributed by atoms with Crippen LogP contribution in [0.5, 0.6) is 0 Å². The van der Waals surface area contributed by atoms with Crippen molar-refractivity contribution < 1.29 is 14.4 Å². The fraction of sp³-hybridized carbons (Fsp3) is 0.318. The van der Waals surface area contributed by atoms with Gasteiger partial charge in [0, 0.05) is 43.6 Å². The number of nitrogens with one attached hydrogen (secondary N) is 1. The van der Waals surface area contributed by atoms with E-state index in [2.05, 4.69) is 5.32 Å². The number of hydrogen-bond donors (Lipinski definition) is 1. The van der Waals surface area contributed by atoms with Crippen molar-refractivity contribution in [2.24, 2.45) is 0 Å². The van der Waals surface area contributed by atoms with Crippen LogP contribution in [0, 0.1) is 0 Å². The molecule has 1 atom stereocenters. The molecule has 1 fully saturated rings. The number of Topliss-reactive ketones (excluding diaryl/α,β-unsaturated/α-hetero) is 1. The molecule has 0 radical (unpaired) electrons. The molecule has 0 bridgehead atoms. The molecule has 2 amide bonds. The third-order valence-corrected chi connectivity index (χ3v) is 4.95. The Morgan fingerprint density at radius 3 is 2.48 bits per heavy atom. The van der Waals surface area contributed by atoms with E-state index >= 15 is 0 Å². The summed E-state index contributed by atoms with van der Waals surface area (Å²) >= 11 is 0. The van der Waals surface area contributed by atoms with E-state index in [1.165, 1.54) is 0 Å². The van der Waals surface area contributed by atoms with E-state index in [4.69, 9.17) is 0 Å². The molecule has 0 aromatic heterocycles. The van der Waals surface area contributed by atoms with Crippen molar-refractivity contribution in [3.63, 3.8) is 0 Å². The van der Waals surface area contributed by atoms with E-state index in [0.29, 0.717) is 36.9 Å². The predicted molar refractivity (Wildman–Crippen MR) is 105 cm³/mol. The molecule has 0 saturated carbocycles. The van der Waals surface area contributed by atoms with Crippen LogP contribution in [0.1, 0.15) is 46.9 Å². The second-order valence-corrected chi connectivity index (χ2v) is 6.92. The van der Waals surface area contributed by atoms with Crippen LogP contribution in [0.4, 0.5) is 0 Å². The van der Waals surface area contributed by atoms with Gasteiger partial charge in [0.15, 0.2) is 5.78 Å². The molecule has 1 aliphatic rings. The highest BCUT2D eigenvalue weighted by Crippen LogP contribution is 2.22. The molecule has 5 nitrogen and oxygen atoms in total. The number of benzene rings is 2. The highest BCUT2D eigenvalue weighted by Gasteiger charge is 2.24. The summed E-state index contributed by atoms with van der Waals surface area (Å²) in [5.41, 5.74) is 3.20. The fourth-order valence-corrected chi connectivity index (χ4v) is 3.29. The third kappa shape index (κ3) is 4.42. The lowest BCUT2D eigenvalue weighted by molar-refractivity contribution is -0.132. The van der Waals surface area contributed by atoms with Gasteiger partial charge in [0.05, 0.1) is 0 Å². The van der Waals surface area contributed by atoms with Gasteiger partial charge in [-0.15, -0.1) is 0 Å². The third-order valence-electron chi connectivity index (χ3n) is 4.95. The summed E-state index contributed by atoms with van der Waals surface area (Å²) in [5.74, 6) is 0.0987. The number of likely N-dealkylation sites (tertiary alicyclic amines) is 1. The first-order valence-electron chi connectivity index (χ1n) is 9.26. The number of likely N-dealkylation sites (N-methyl/N-ethyl adjacent to an activating group) is 1. The summed E-state index contributed by atoms with van der Waals surface area (Å²) in [7, 11) is 1.76. The number of nitrogens with zero attached hydrogens (tertiary/aromatic N) is 1. The number of carbonyl (C=O) groups excluding carboxylic acids is 3. The van der Waals surface area contributed by atoms with Gasteiger partial charge >= 0.3 is 0 Å². The summed E-state index contributed by atoms with van der Waals surface area (Å²) in [6.07, 6.45) is 1.61. The standard InChI is InChI=1S/C22H24N2O3/c1-3-20(25)18-6-4-5-17(13-18)15-7-9-16(10-8-15)22(27)23-19-11-12-21(26)24(2)14-19/h4-10,13,19H,3,11-12,14H2,1-2H3,(H,23,27)/t19-/m0/s1. The van der Waals surface area contributed by atoms with Crippen LogP contribution in [0.2, 0.25) is 0 Å². The Kier molecular flexibility index (Phi) is 5.69. The monoisotopic (exact) mass is 364 g/mol. The summed E-state index contributed by atoms with van der Waals surface area (Å²) in [6, 6.07) is 14.9. The van der Waals surface area contributed by atoms with Gasteiger partial charge in [-0.1, -0.05) is 37.3 Å². The smallest absolute Gasteiger partial charge is 0.251 e. The zero-order valence-corrected chi connectivity index (χ0v) is 15.7. The van der Waals surface area contributed by atoms with E-state index in [0.717, 1.165) is 11.1 Å². The zero-order chi connectivity index (χ0) is 19.4. The quantitative estimate of drug-likeness (QED) is 0.828. The molecule has 2 aromatic rings. The predicted octanol–water partition coefficient (Wildman–Crippen LogP) is 3.30. The van der Waals surface area contributed by atoms with E-state index in [-0.39, 0.29) is 23.6 Å². The number of hydrogen-bond acceptors (Lipinski definition) is 3. The van der Waals surface area contributed by atoms with Crippen LogP contribution in [0.15, 0.2) is 48.5 Å². The molecular formula is C22H24N2O3. The SMILES string of the molecule is CCC(=O)c1cccc(-c2ccc(C(=O)N[C@H]3CCC(=O)N(C)C3)cc2)c1. The highest BCUT2D eigenvalue weighted by molar-refractivity contribution is 5.97. The number of ketones is 1. The van der Waals surface area contributed by atoms with Crippen LogP contribution in [-0.2, 0) is 4.79 Å². The molecule has 1 aliphatic heterocycles. The van der Waals surface area contributed by atoms with E-state index in [1.54, 1.807) is 24.1 Å². The first-order valence-corrected chi connectivity index (χ1v) is 9.26. The minimum Gasteiger partial charge on any atom is -0.348 e. The molecule has 1 heterocycles. The average molecular weight is 364 g/mol. The van der Waals surface area contributed by atoms with Crippen molar-refractivity contribution in [3.05, 3.63) is 59.7 Å². The average Bonchev–Trinajstić information content (AvgIpc) is 2.70. The second-order valence-electron chi connectivity index (χ2n) is 6.92. The van der Waals surface area contributed by atoms with Gasteiger partial charge in [-0.05, 0) is 35.7 Å². The molecule has 140 valence electrons. The molecule has 1 N–H and O–H groups in total. The summed E-state index contributed by atoms with van der Waals surface area (Å²) in [6.45, 7) is 2.39. The maximum Gasteiger partial charge on any atom is 0.251 e. The molecule has 5 heteroatoms. The molecular weight excluding hydrogens is 340 g/mol. The largest absolute Gasteiger partial charge is 0.348 e. The Morgan fingerprint density at radius 1 is 1.07 bits per heavy atom. The van der Waals surface area contributed by atoms with Gasteiger partial charge in [0.25, 0.3) is 5.91 Å².